The van der Waals surface area contributed by atoms with E-state index in [9.17, 15) is 19.5 Å². The van der Waals surface area contributed by atoms with E-state index in [4.69, 9.17) is 4.74 Å². The molecule has 3 fully saturated rings. The number of unbranched alkanes of at least 4 members (excludes halogenated alkanes) is 3. The number of carbonyl (C=O) groups is 3. The Morgan fingerprint density at radius 1 is 1.07 bits per heavy atom. The predicted molar refractivity (Wildman–Crippen MR) is 170 cm³/mol. The van der Waals surface area contributed by atoms with Crippen molar-refractivity contribution in [3.8, 4) is 0 Å². The minimum atomic E-state index is -0.702. The number of hydrogen-bond donors (Lipinski definition) is 1. The molecule has 2 bridgehead atoms. The summed E-state index contributed by atoms with van der Waals surface area (Å²) in [4.78, 5) is 48.2. The maximum Gasteiger partial charge on any atom is 0.311 e. The first-order valence-electron chi connectivity index (χ1n) is 15.4. The summed E-state index contributed by atoms with van der Waals surface area (Å²) in [5.74, 6) is -1.85. The van der Waals surface area contributed by atoms with Crippen molar-refractivity contribution < 1.29 is 24.2 Å². The Balaban J connectivity index is 1.71. The highest BCUT2D eigenvalue weighted by molar-refractivity contribution is 8.02. The predicted octanol–water partition coefficient (Wildman–Crippen LogP) is 4.82. The van der Waals surface area contributed by atoms with E-state index in [-0.39, 0.29) is 31.0 Å². The number of hydrogen-bond acceptors (Lipinski definition) is 7. The maximum atomic E-state index is 14.7. The summed E-state index contributed by atoms with van der Waals surface area (Å²) in [5, 5.41) is 9.20. The highest BCUT2D eigenvalue weighted by Gasteiger charge is 2.77. The molecule has 3 saturated heterocycles. The highest BCUT2D eigenvalue weighted by atomic mass is 32.2. The molecule has 1 aromatic carbocycles. The second-order valence-electron chi connectivity index (χ2n) is 11.7. The second kappa shape index (κ2) is 13.7. The number of aliphatic hydroxyl groups is 1. The number of ether oxygens (including phenoxy) is 1. The molecule has 3 heterocycles. The van der Waals surface area contributed by atoms with E-state index < -0.39 is 27.4 Å². The average Bonchev–Trinajstić information content (AvgIpc) is 3.56. The minimum Gasteiger partial charge on any atom is -0.461 e. The number of aliphatic hydroxyl groups excluding tert-OH is 1. The SMILES string of the molecule is C=CCOC(=O)[C@@H]1[C@H]2C(=O)N(CCCCCCO)C(C(=O)N(CC=C)c3ccc(N(CC)CC)cc3)C23CC[C@@]1(C)S3. The number of esters is 1. The number of nitrogens with zero attached hydrogens (tertiary/aromatic N) is 3. The molecule has 1 aromatic rings. The van der Waals surface area contributed by atoms with Crippen LogP contribution in [0.4, 0.5) is 11.4 Å². The van der Waals surface area contributed by atoms with Crippen LogP contribution in [0.15, 0.2) is 49.6 Å². The summed E-state index contributed by atoms with van der Waals surface area (Å²) in [6, 6.07) is 7.31. The van der Waals surface area contributed by atoms with Crippen molar-refractivity contribution in [1.82, 2.24) is 4.90 Å². The lowest BCUT2D eigenvalue weighted by molar-refractivity contribution is -0.154. The molecule has 230 valence electrons. The Morgan fingerprint density at radius 3 is 2.36 bits per heavy atom. The molecule has 1 N–H and O–H groups in total. The summed E-state index contributed by atoms with van der Waals surface area (Å²) in [7, 11) is 0. The zero-order chi connectivity index (χ0) is 30.5. The number of benzene rings is 1. The molecular weight excluding hydrogens is 550 g/mol. The largest absolute Gasteiger partial charge is 0.461 e. The van der Waals surface area contributed by atoms with E-state index >= 15 is 0 Å². The fourth-order valence-corrected chi connectivity index (χ4v) is 9.65. The van der Waals surface area contributed by atoms with Crippen molar-refractivity contribution >= 4 is 40.9 Å². The van der Waals surface area contributed by atoms with E-state index in [1.54, 1.807) is 27.6 Å². The lowest BCUT2D eigenvalue weighted by Crippen LogP contribution is -2.55. The van der Waals surface area contributed by atoms with Crippen LogP contribution >= 0.6 is 11.8 Å². The Hall–Kier alpha value is -2.78. The molecule has 9 heteroatoms. The number of carbonyl (C=O) groups excluding carboxylic acids is 3. The van der Waals surface area contributed by atoms with Gasteiger partial charge in [0, 0.05) is 48.9 Å². The van der Waals surface area contributed by atoms with Gasteiger partial charge >= 0.3 is 5.97 Å². The number of amides is 2. The quantitative estimate of drug-likeness (QED) is 0.166. The molecule has 4 rings (SSSR count). The Kier molecular flexibility index (Phi) is 10.5. The molecule has 0 aromatic heterocycles. The molecule has 0 aliphatic carbocycles. The second-order valence-corrected chi connectivity index (χ2v) is 13.6. The molecule has 5 atom stereocenters. The van der Waals surface area contributed by atoms with E-state index in [2.05, 4.69) is 31.9 Å². The first-order chi connectivity index (χ1) is 20.2. The van der Waals surface area contributed by atoms with Crippen LogP contribution in [0.2, 0.25) is 0 Å². The lowest BCUT2D eigenvalue weighted by Gasteiger charge is -2.37. The zero-order valence-electron chi connectivity index (χ0n) is 25.4. The number of fused-ring (bicyclic) bond motifs is 1. The number of anilines is 2. The van der Waals surface area contributed by atoms with E-state index in [1.165, 1.54) is 6.08 Å². The summed E-state index contributed by atoms with van der Waals surface area (Å²) in [6.07, 6.45) is 7.84. The van der Waals surface area contributed by atoms with Crippen LogP contribution in [0.3, 0.4) is 0 Å². The van der Waals surface area contributed by atoms with Gasteiger partial charge in [-0.1, -0.05) is 31.6 Å². The topological polar surface area (TPSA) is 90.4 Å². The molecular formula is C33H47N3O5S. The van der Waals surface area contributed by atoms with Crippen LogP contribution in [-0.2, 0) is 19.1 Å². The van der Waals surface area contributed by atoms with Crippen LogP contribution in [0.1, 0.15) is 59.3 Å². The molecule has 0 radical (unpaired) electrons. The van der Waals surface area contributed by atoms with Crippen molar-refractivity contribution in [3.05, 3.63) is 49.6 Å². The van der Waals surface area contributed by atoms with Gasteiger partial charge in [0.2, 0.25) is 5.91 Å². The van der Waals surface area contributed by atoms with Crippen LogP contribution in [0.25, 0.3) is 0 Å². The standard InChI is InChI=1S/C33H47N3O5S/c1-6-20-35(25-16-14-24(15-17-25)34(8-3)9-4)30(39)28-33-19-18-32(5,42-33)27(31(40)41-23-7-2)26(33)29(38)36(28)21-12-10-11-13-22-37/h6-7,14-17,26-28,37H,1-2,8-13,18-23H2,3-5H3/t26-,27-,28?,32+,33?/m0/s1. The summed E-state index contributed by atoms with van der Waals surface area (Å²) >= 11 is 1.65. The molecule has 3 aliphatic heterocycles. The third-order valence-corrected chi connectivity index (χ3v) is 11.3. The molecule has 2 amide bonds. The van der Waals surface area contributed by atoms with E-state index in [1.807, 2.05) is 31.2 Å². The van der Waals surface area contributed by atoms with Crippen molar-refractivity contribution in [2.75, 3.05) is 49.2 Å². The number of thioether (sulfide) groups is 1. The fraction of sp³-hybridized carbons (Fsp3) is 0.606. The normalized spacial score (nSPS) is 27.6. The van der Waals surface area contributed by atoms with Crippen molar-refractivity contribution in [3.63, 3.8) is 0 Å². The van der Waals surface area contributed by atoms with Crippen molar-refractivity contribution in [1.29, 1.82) is 0 Å². The van der Waals surface area contributed by atoms with Crippen LogP contribution < -0.4 is 9.80 Å². The summed E-state index contributed by atoms with van der Waals surface area (Å²) in [6.45, 7) is 16.6. The van der Waals surface area contributed by atoms with Crippen LogP contribution in [-0.4, -0.2) is 82.7 Å². The smallest absolute Gasteiger partial charge is 0.311 e. The molecule has 0 saturated carbocycles. The number of likely N-dealkylation sites (tertiary alicyclic amines) is 1. The lowest BCUT2D eigenvalue weighted by atomic mass is 9.66. The highest BCUT2D eigenvalue weighted by Crippen LogP contribution is 2.71. The Bertz CT molecular complexity index is 1150. The summed E-state index contributed by atoms with van der Waals surface area (Å²) in [5.41, 5.74) is 1.85. The third-order valence-electron chi connectivity index (χ3n) is 9.28. The molecule has 1 spiro atoms. The van der Waals surface area contributed by atoms with E-state index in [0.717, 1.165) is 50.1 Å². The molecule has 3 aliphatic rings. The Labute approximate surface area is 255 Å². The average molecular weight is 598 g/mol. The van der Waals surface area contributed by atoms with Crippen molar-refractivity contribution in [2.24, 2.45) is 11.8 Å². The summed E-state index contributed by atoms with van der Waals surface area (Å²) < 4.78 is 4.35. The van der Waals surface area contributed by atoms with Gasteiger partial charge in [-0.15, -0.1) is 18.3 Å². The Morgan fingerprint density at radius 2 is 1.74 bits per heavy atom. The minimum absolute atomic E-state index is 0.0948. The van der Waals surface area contributed by atoms with Gasteiger partial charge in [-0.25, -0.2) is 0 Å². The first-order valence-corrected chi connectivity index (χ1v) is 16.2. The molecule has 8 nitrogen and oxygen atoms in total. The monoisotopic (exact) mass is 597 g/mol. The molecule has 42 heavy (non-hydrogen) atoms. The number of rotatable bonds is 16. The van der Waals surface area contributed by atoms with Crippen LogP contribution in [0.5, 0.6) is 0 Å². The van der Waals surface area contributed by atoms with Crippen molar-refractivity contribution in [2.45, 2.75) is 74.8 Å². The zero-order valence-corrected chi connectivity index (χ0v) is 26.2. The van der Waals surface area contributed by atoms with Gasteiger partial charge in [0.25, 0.3) is 5.91 Å². The van der Waals surface area contributed by atoms with Crippen LogP contribution in [0, 0.1) is 11.8 Å². The van der Waals surface area contributed by atoms with Gasteiger partial charge in [0.1, 0.15) is 12.6 Å². The maximum absolute atomic E-state index is 14.7. The van der Waals surface area contributed by atoms with Gasteiger partial charge in [-0.2, -0.15) is 0 Å². The fourth-order valence-electron chi connectivity index (χ4n) is 7.31. The van der Waals surface area contributed by atoms with E-state index in [0.29, 0.717) is 25.9 Å². The third kappa shape index (κ3) is 5.74. The first kappa shape index (κ1) is 32.1. The van der Waals surface area contributed by atoms with Gasteiger partial charge in [-0.3, -0.25) is 14.4 Å². The van der Waals surface area contributed by atoms with Gasteiger partial charge < -0.3 is 24.5 Å². The van der Waals surface area contributed by atoms with Gasteiger partial charge in [0.05, 0.1) is 16.6 Å². The molecule has 2 unspecified atom stereocenters. The van der Waals surface area contributed by atoms with Gasteiger partial charge in [0.15, 0.2) is 0 Å². The van der Waals surface area contributed by atoms with Gasteiger partial charge in [-0.05, 0) is 70.7 Å².